The van der Waals surface area contributed by atoms with E-state index >= 15 is 4.39 Å². The Labute approximate surface area is 195 Å². The SMILES string of the molecule is Cc1cc2c(F)c(Oc3ccnc4cc(-c5nc(C(C)(C)O)cs5)sc34)ccc2n1C(=O)O. The minimum atomic E-state index is -1.17. The van der Waals surface area contributed by atoms with Crippen LogP contribution in [-0.2, 0) is 5.60 Å². The zero-order chi connectivity index (χ0) is 23.5. The molecule has 0 amide bonds. The summed E-state index contributed by atoms with van der Waals surface area (Å²) in [6.07, 6.45) is 0.409. The van der Waals surface area contributed by atoms with Crippen LogP contribution >= 0.6 is 22.7 Å². The molecule has 4 heterocycles. The molecule has 5 aromatic rings. The molecule has 0 unspecified atom stereocenters. The molecule has 7 nitrogen and oxygen atoms in total. The van der Waals surface area contributed by atoms with Crippen LogP contribution in [0.15, 0.2) is 41.9 Å². The van der Waals surface area contributed by atoms with E-state index in [1.165, 1.54) is 40.9 Å². The Morgan fingerprint density at radius 2 is 2.00 bits per heavy atom. The Balaban J connectivity index is 1.55. The lowest BCUT2D eigenvalue weighted by molar-refractivity contribution is 0.0746. The second kappa shape index (κ2) is 7.62. The standard InChI is InChI=1S/C23H18FN3O4S2/c1-11-8-12-14(27(11)22(28)29)4-5-15(19(12)24)31-16-6-7-25-13-9-17(33-20(13)16)21-26-18(10-32-21)23(2,3)30/h4-10,30H,1-3H3,(H,28,29). The number of halogens is 1. The van der Waals surface area contributed by atoms with E-state index in [2.05, 4.69) is 9.97 Å². The summed E-state index contributed by atoms with van der Waals surface area (Å²) >= 11 is 2.84. The molecule has 5 rings (SSSR count). The van der Waals surface area contributed by atoms with E-state index in [4.69, 9.17) is 4.74 Å². The number of carbonyl (C=O) groups is 1. The number of hydrogen-bond donors (Lipinski definition) is 2. The van der Waals surface area contributed by atoms with Crippen LogP contribution in [0.2, 0.25) is 0 Å². The van der Waals surface area contributed by atoms with Gasteiger partial charge in [0.05, 0.1) is 26.3 Å². The molecular formula is C23H18FN3O4S2. The van der Waals surface area contributed by atoms with Gasteiger partial charge in [-0.15, -0.1) is 22.7 Å². The number of carboxylic acid groups (broad SMARTS) is 1. The maximum absolute atomic E-state index is 15.2. The fourth-order valence-corrected chi connectivity index (χ4v) is 5.69. The number of rotatable bonds is 4. The number of fused-ring (bicyclic) bond motifs is 2. The molecule has 0 radical (unpaired) electrons. The second-order valence-corrected chi connectivity index (χ2v) is 9.96. The van der Waals surface area contributed by atoms with Crippen molar-refractivity contribution >= 4 is 49.9 Å². The Morgan fingerprint density at radius 1 is 1.21 bits per heavy atom. The molecule has 0 bridgehead atoms. The van der Waals surface area contributed by atoms with Gasteiger partial charge < -0.3 is 14.9 Å². The normalized spacial score (nSPS) is 12.0. The Morgan fingerprint density at radius 3 is 2.70 bits per heavy atom. The zero-order valence-electron chi connectivity index (χ0n) is 17.8. The lowest BCUT2D eigenvalue weighted by Gasteiger charge is -2.12. The van der Waals surface area contributed by atoms with Crippen LogP contribution in [-0.4, -0.2) is 30.8 Å². The molecule has 0 saturated heterocycles. The quantitative estimate of drug-likeness (QED) is 0.308. The number of thiazole rings is 1. The van der Waals surface area contributed by atoms with Crippen molar-refractivity contribution in [3.8, 4) is 21.4 Å². The highest BCUT2D eigenvalue weighted by Crippen LogP contribution is 2.41. The van der Waals surface area contributed by atoms with Crippen molar-refractivity contribution in [3.63, 3.8) is 0 Å². The Hall–Kier alpha value is -3.34. The average Bonchev–Trinajstić information content (AvgIpc) is 3.45. The van der Waals surface area contributed by atoms with Crippen LogP contribution < -0.4 is 4.74 Å². The van der Waals surface area contributed by atoms with Crippen molar-refractivity contribution in [2.75, 3.05) is 0 Å². The molecule has 10 heteroatoms. The molecular weight excluding hydrogens is 465 g/mol. The van der Waals surface area contributed by atoms with Gasteiger partial charge >= 0.3 is 6.09 Å². The average molecular weight is 484 g/mol. The molecule has 1 aromatic carbocycles. The summed E-state index contributed by atoms with van der Waals surface area (Å²) < 4.78 is 22.9. The summed E-state index contributed by atoms with van der Waals surface area (Å²) in [7, 11) is 0. The van der Waals surface area contributed by atoms with Gasteiger partial charge in [-0.3, -0.25) is 4.98 Å². The topological polar surface area (TPSA) is 97.5 Å². The fraction of sp³-hybridized carbons (Fsp3) is 0.174. The highest BCUT2D eigenvalue weighted by Gasteiger charge is 2.22. The minimum Gasteiger partial charge on any atom is -0.464 e. The third-order valence-electron chi connectivity index (χ3n) is 5.20. The molecule has 0 aliphatic rings. The van der Waals surface area contributed by atoms with Gasteiger partial charge in [-0.2, -0.15) is 0 Å². The first-order valence-electron chi connectivity index (χ1n) is 9.92. The van der Waals surface area contributed by atoms with E-state index in [9.17, 15) is 15.0 Å². The number of aliphatic hydroxyl groups is 1. The lowest BCUT2D eigenvalue weighted by Crippen LogP contribution is -2.15. The largest absolute Gasteiger partial charge is 0.464 e. The van der Waals surface area contributed by atoms with Gasteiger partial charge in [0.1, 0.15) is 16.4 Å². The van der Waals surface area contributed by atoms with Crippen molar-refractivity contribution in [1.29, 1.82) is 0 Å². The smallest absolute Gasteiger partial charge is 0.416 e. The fourth-order valence-electron chi connectivity index (χ4n) is 3.58. The van der Waals surface area contributed by atoms with E-state index in [1.807, 2.05) is 11.4 Å². The van der Waals surface area contributed by atoms with Crippen molar-refractivity contribution < 1.29 is 24.1 Å². The van der Waals surface area contributed by atoms with Crippen LogP contribution in [0.25, 0.3) is 31.0 Å². The van der Waals surface area contributed by atoms with Crippen LogP contribution in [0, 0.1) is 12.7 Å². The van der Waals surface area contributed by atoms with E-state index in [1.54, 1.807) is 33.0 Å². The van der Waals surface area contributed by atoms with Gasteiger partial charge in [0.15, 0.2) is 11.6 Å². The number of aromatic nitrogens is 3. The van der Waals surface area contributed by atoms with E-state index < -0.39 is 17.5 Å². The van der Waals surface area contributed by atoms with Crippen molar-refractivity contribution in [3.05, 3.63) is 59.1 Å². The molecule has 0 aliphatic carbocycles. The van der Waals surface area contributed by atoms with Gasteiger partial charge in [-0.05, 0) is 45.0 Å². The van der Waals surface area contributed by atoms with Crippen molar-refractivity contribution in [2.45, 2.75) is 26.4 Å². The minimum absolute atomic E-state index is 0.00828. The number of nitrogens with zero attached hydrogens (tertiary/aromatic N) is 3. The molecule has 0 atom stereocenters. The number of benzene rings is 1. The third kappa shape index (κ3) is 3.65. The first-order chi connectivity index (χ1) is 15.6. The molecule has 0 aliphatic heterocycles. The number of aryl methyl sites for hydroxylation is 1. The summed E-state index contributed by atoms with van der Waals surface area (Å²) in [4.78, 5) is 21.3. The van der Waals surface area contributed by atoms with Gasteiger partial charge in [-0.25, -0.2) is 18.7 Å². The monoisotopic (exact) mass is 483 g/mol. The van der Waals surface area contributed by atoms with Crippen LogP contribution in [0.3, 0.4) is 0 Å². The van der Waals surface area contributed by atoms with Crippen molar-refractivity contribution in [2.24, 2.45) is 0 Å². The lowest BCUT2D eigenvalue weighted by atomic mass is 10.1. The number of ether oxygens (including phenoxy) is 1. The predicted molar refractivity (Wildman–Crippen MR) is 126 cm³/mol. The van der Waals surface area contributed by atoms with E-state index in [0.29, 0.717) is 22.7 Å². The zero-order valence-corrected chi connectivity index (χ0v) is 19.4. The van der Waals surface area contributed by atoms with Crippen LogP contribution in [0.5, 0.6) is 11.5 Å². The Kier molecular flexibility index (Phi) is 4.96. The maximum Gasteiger partial charge on any atom is 0.416 e. The summed E-state index contributed by atoms with van der Waals surface area (Å²) in [5.74, 6) is -0.207. The summed E-state index contributed by atoms with van der Waals surface area (Å²) in [6.45, 7) is 4.97. The first kappa shape index (κ1) is 21.5. The summed E-state index contributed by atoms with van der Waals surface area (Å²) in [5.41, 5.74) is 0.905. The predicted octanol–water partition coefficient (Wildman–Crippen LogP) is 6.37. The number of pyridine rings is 1. The first-order valence-corrected chi connectivity index (χ1v) is 11.6. The third-order valence-corrected chi connectivity index (χ3v) is 7.35. The van der Waals surface area contributed by atoms with Crippen LogP contribution in [0.4, 0.5) is 9.18 Å². The summed E-state index contributed by atoms with van der Waals surface area (Å²) in [5, 5.41) is 22.3. The van der Waals surface area contributed by atoms with Gasteiger partial charge in [0, 0.05) is 28.7 Å². The Bertz CT molecular complexity index is 1540. The van der Waals surface area contributed by atoms with E-state index in [0.717, 1.165) is 19.2 Å². The van der Waals surface area contributed by atoms with E-state index in [-0.39, 0.29) is 16.7 Å². The highest BCUT2D eigenvalue weighted by molar-refractivity contribution is 7.25. The molecule has 0 fully saturated rings. The maximum atomic E-state index is 15.2. The number of thiophene rings is 1. The molecule has 4 aromatic heterocycles. The molecule has 2 N–H and O–H groups in total. The molecule has 0 saturated carbocycles. The van der Waals surface area contributed by atoms with Gasteiger partial charge in [-0.1, -0.05) is 0 Å². The molecule has 168 valence electrons. The van der Waals surface area contributed by atoms with Crippen LogP contribution in [0.1, 0.15) is 25.2 Å². The number of hydrogen-bond acceptors (Lipinski definition) is 7. The second-order valence-electron chi connectivity index (χ2n) is 8.05. The molecule has 0 spiro atoms. The van der Waals surface area contributed by atoms with Crippen molar-refractivity contribution in [1.82, 2.24) is 14.5 Å². The molecule has 33 heavy (non-hydrogen) atoms. The van der Waals surface area contributed by atoms with Gasteiger partial charge in [0.2, 0.25) is 0 Å². The summed E-state index contributed by atoms with van der Waals surface area (Å²) in [6, 6.07) is 7.98. The highest BCUT2D eigenvalue weighted by atomic mass is 32.1. The van der Waals surface area contributed by atoms with Gasteiger partial charge in [0.25, 0.3) is 0 Å².